The van der Waals surface area contributed by atoms with Gasteiger partial charge in [-0.3, -0.25) is 4.90 Å². The lowest BCUT2D eigenvalue weighted by atomic mass is 10.0. The van der Waals surface area contributed by atoms with Gasteiger partial charge in [-0.1, -0.05) is 34.1 Å². The molecule has 1 aromatic carbocycles. The van der Waals surface area contributed by atoms with E-state index in [2.05, 4.69) is 63.3 Å². The Balaban J connectivity index is 1.77. The van der Waals surface area contributed by atoms with Crippen LogP contribution in [0.1, 0.15) is 31.7 Å². The zero-order chi connectivity index (χ0) is 14.4. The maximum Gasteiger partial charge on any atom is 0.0244 e. The fourth-order valence-electron chi connectivity index (χ4n) is 2.76. The highest BCUT2D eigenvalue weighted by molar-refractivity contribution is 9.10. The number of nitrogens with zero attached hydrogens (tertiary/aromatic N) is 1. The summed E-state index contributed by atoms with van der Waals surface area (Å²) >= 11 is 3.63. The van der Waals surface area contributed by atoms with E-state index in [1.807, 2.05) is 0 Å². The van der Waals surface area contributed by atoms with E-state index in [4.69, 9.17) is 6.42 Å². The lowest BCUT2D eigenvalue weighted by Crippen LogP contribution is -2.45. The SMILES string of the molecule is C#CCC(C)NC1CCN(Cc2ccccc2Br)CC1. The molecule has 0 aliphatic carbocycles. The van der Waals surface area contributed by atoms with Gasteiger partial charge in [0.1, 0.15) is 0 Å². The largest absolute Gasteiger partial charge is 0.310 e. The van der Waals surface area contributed by atoms with Crippen molar-refractivity contribution in [2.45, 2.75) is 44.8 Å². The maximum atomic E-state index is 5.35. The van der Waals surface area contributed by atoms with E-state index in [-0.39, 0.29) is 0 Å². The van der Waals surface area contributed by atoms with Crippen LogP contribution in [0.2, 0.25) is 0 Å². The van der Waals surface area contributed by atoms with Gasteiger partial charge in [-0.2, -0.15) is 0 Å². The maximum absolute atomic E-state index is 5.35. The van der Waals surface area contributed by atoms with E-state index < -0.39 is 0 Å². The van der Waals surface area contributed by atoms with E-state index in [0.29, 0.717) is 12.1 Å². The second-order valence-electron chi connectivity index (χ2n) is 5.62. The molecule has 1 aliphatic rings. The first kappa shape index (κ1) is 15.6. The number of hydrogen-bond acceptors (Lipinski definition) is 2. The number of halogens is 1. The molecule has 0 radical (unpaired) electrons. The quantitative estimate of drug-likeness (QED) is 0.830. The molecular formula is C17H23BrN2. The summed E-state index contributed by atoms with van der Waals surface area (Å²) in [6.45, 7) is 5.52. The zero-order valence-electron chi connectivity index (χ0n) is 12.1. The Morgan fingerprint density at radius 3 is 2.75 bits per heavy atom. The molecule has 0 amide bonds. The molecule has 0 saturated carbocycles. The van der Waals surface area contributed by atoms with Crippen molar-refractivity contribution in [1.82, 2.24) is 10.2 Å². The van der Waals surface area contributed by atoms with Crippen LogP contribution in [0.4, 0.5) is 0 Å². The predicted molar refractivity (Wildman–Crippen MR) is 88.5 cm³/mol. The summed E-state index contributed by atoms with van der Waals surface area (Å²) in [6.07, 6.45) is 8.59. The summed E-state index contributed by atoms with van der Waals surface area (Å²) in [7, 11) is 0. The van der Waals surface area contributed by atoms with E-state index in [9.17, 15) is 0 Å². The molecule has 0 aromatic heterocycles. The van der Waals surface area contributed by atoms with E-state index in [1.54, 1.807) is 0 Å². The number of rotatable bonds is 5. The highest BCUT2D eigenvalue weighted by atomic mass is 79.9. The molecule has 1 atom stereocenters. The molecule has 1 aromatic rings. The Morgan fingerprint density at radius 2 is 2.10 bits per heavy atom. The molecule has 3 heteroatoms. The number of nitrogens with one attached hydrogen (secondary N) is 1. The molecule has 1 fully saturated rings. The summed E-state index contributed by atoms with van der Waals surface area (Å²) in [4.78, 5) is 2.53. The van der Waals surface area contributed by atoms with Gasteiger partial charge in [0.05, 0.1) is 0 Å². The molecular weight excluding hydrogens is 312 g/mol. The van der Waals surface area contributed by atoms with Gasteiger partial charge in [0.15, 0.2) is 0 Å². The minimum atomic E-state index is 0.430. The molecule has 1 N–H and O–H groups in total. The summed E-state index contributed by atoms with van der Waals surface area (Å²) in [5.74, 6) is 2.73. The van der Waals surface area contributed by atoms with Gasteiger partial charge >= 0.3 is 0 Å². The van der Waals surface area contributed by atoms with E-state index in [1.165, 1.54) is 22.9 Å². The highest BCUT2D eigenvalue weighted by Gasteiger charge is 2.20. The third-order valence-electron chi connectivity index (χ3n) is 3.88. The first-order valence-electron chi connectivity index (χ1n) is 7.34. The number of benzene rings is 1. The Labute approximate surface area is 131 Å². The van der Waals surface area contributed by atoms with Crippen LogP contribution in [0.3, 0.4) is 0 Å². The number of likely N-dealkylation sites (tertiary alicyclic amines) is 1. The summed E-state index contributed by atoms with van der Waals surface area (Å²) < 4.78 is 1.21. The highest BCUT2D eigenvalue weighted by Crippen LogP contribution is 2.20. The van der Waals surface area contributed by atoms with Crippen LogP contribution in [0.5, 0.6) is 0 Å². The van der Waals surface area contributed by atoms with Gasteiger partial charge < -0.3 is 5.32 Å². The van der Waals surface area contributed by atoms with Crippen molar-refractivity contribution in [3.05, 3.63) is 34.3 Å². The number of hydrogen-bond donors (Lipinski definition) is 1. The molecule has 0 bridgehead atoms. The Kier molecular flexibility index (Phi) is 6.09. The second kappa shape index (κ2) is 7.83. The van der Waals surface area contributed by atoms with Crippen molar-refractivity contribution in [2.75, 3.05) is 13.1 Å². The van der Waals surface area contributed by atoms with Crippen LogP contribution in [-0.2, 0) is 6.54 Å². The number of piperidine rings is 1. The van der Waals surface area contributed by atoms with Gasteiger partial charge in [0.2, 0.25) is 0 Å². The van der Waals surface area contributed by atoms with Crippen LogP contribution in [0.25, 0.3) is 0 Å². The normalized spacial score (nSPS) is 18.6. The minimum absolute atomic E-state index is 0.430. The summed E-state index contributed by atoms with van der Waals surface area (Å²) in [6, 6.07) is 9.54. The first-order valence-corrected chi connectivity index (χ1v) is 8.13. The van der Waals surface area contributed by atoms with Gasteiger partial charge in [-0.05, 0) is 44.5 Å². The Hall–Kier alpha value is -0.820. The monoisotopic (exact) mass is 334 g/mol. The van der Waals surface area contributed by atoms with E-state index in [0.717, 1.165) is 26.1 Å². The molecule has 108 valence electrons. The molecule has 1 heterocycles. The topological polar surface area (TPSA) is 15.3 Å². The zero-order valence-corrected chi connectivity index (χ0v) is 13.7. The Morgan fingerprint density at radius 1 is 1.40 bits per heavy atom. The molecule has 0 spiro atoms. The van der Waals surface area contributed by atoms with Crippen LogP contribution >= 0.6 is 15.9 Å². The smallest absolute Gasteiger partial charge is 0.0244 e. The van der Waals surface area contributed by atoms with Crippen LogP contribution < -0.4 is 5.32 Å². The van der Waals surface area contributed by atoms with Gasteiger partial charge in [-0.25, -0.2) is 0 Å². The fraction of sp³-hybridized carbons (Fsp3) is 0.529. The first-order chi connectivity index (χ1) is 9.69. The average Bonchev–Trinajstić information content (AvgIpc) is 2.44. The molecule has 1 aliphatic heterocycles. The van der Waals surface area contributed by atoms with Crippen LogP contribution in [0.15, 0.2) is 28.7 Å². The van der Waals surface area contributed by atoms with Crippen molar-refractivity contribution < 1.29 is 0 Å². The van der Waals surface area contributed by atoms with Crippen LogP contribution in [0, 0.1) is 12.3 Å². The molecule has 2 nitrogen and oxygen atoms in total. The predicted octanol–water partition coefficient (Wildman–Crippen LogP) is 3.41. The lowest BCUT2D eigenvalue weighted by Gasteiger charge is -2.33. The van der Waals surface area contributed by atoms with Gasteiger partial charge in [-0.15, -0.1) is 12.3 Å². The average molecular weight is 335 g/mol. The van der Waals surface area contributed by atoms with Crippen molar-refractivity contribution in [1.29, 1.82) is 0 Å². The fourth-order valence-corrected chi connectivity index (χ4v) is 3.17. The van der Waals surface area contributed by atoms with Crippen molar-refractivity contribution in [2.24, 2.45) is 0 Å². The molecule has 20 heavy (non-hydrogen) atoms. The van der Waals surface area contributed by atoms with E-state index >= 15 is 0 Å². The lowest BCUT2D eigenvalue weighted by molar-refractivity contribution is 0.185. The summed E-state index contributed by atoms with van der Waals surface area (Å²) in [5.41, 5.74) is 1.37. The van der Waals surface area contributed by atoms with Gasteiger partial charge in [0.25, 0.3) is 0 Å². The standard InChI is InChI=1S/C17H23BrN2/c1-3-6-14(2)19-16-9-11-20(12-10-16)13-15-7-4-5-8-17(15)18/h1,4-5,7-8,14,16,19H,6,9-13H2,2H3. The Bertz CT molecular complexity index is 458. The van der Waals surface area contributed by atoms with Crippen molar-refractivity contribution in [3.63, 3.8) is 0 Å². The van der Waals surface area contributed by atoms with Crippen LogP contribution in [-0.4, -0.2) is 30.1 Å². The van der Waals surface area contributed by atoms with Crippen molar-refractivity contribution in [3.8, 4) is 12.3 Å². The molecule has 1 saturated heterocycles. The van der Waals surface area contributed by atoms with Crippen molar-refractivity contribution >= 4 is 15.9 Å². The third-order valence-corrected chi connectivity index (χ3v) is 4.66. The van der Waals surface area contributed by atoms with Gasteiger partial charge in [0, 0.05) is 29.5 Å². The summed E-state index contributed by atoms with van der Waals surface area (Å²) in [5, 5.41) is 3.64. The third kappa shape index (κ3) is 4.63. The minimum Gasteiger partial charge on any atom is -0.310 e. The molecule has 1 unspecified atom stereocenters. The number of terminal acetylenes is 1. The second-order valence-corrected chi connectivity index (χ2v) is 6.47. The molecule has 2 rings (SSSR count).